The zero-order chi connectivity index (χ0) is 15.5. The van der Waals surface area contributed by atoms with Crippen molar-refractivity contribution in [1.82, 2.24) is 4.72 Å². The lowest BCUT2D eigenvalue weighted by Gasteiger charge is -2.14. The van der Waals surface area contributed by atoms with Crippen LogP contribution in [0.1, 0.15) is 31.7 Å². The summed E-state index contributed by atoms with van der Waals surface area (Å²) in [6.07, 6.45) is 2.86. The van der Waals surface area contributed by atoms with Crippen molar-refractivity contribution >= 4 is 39.0 Å². The Morgan fingerprint density at radius 3 is 2.90 bits per heavy atom. The molecule has 2 unspecified atom stereocenters. The van der Waals surface area contributed by atoms with Crippen LogP contribution in [0.3, 0.4) is 0 Å². The van der Waals surface area contributed by atoms with Crippen LogP contribution in [0.2, 0.25) is 0 Å². The topological polar surface area (TPSA) is 72.2 Å². The van der Waals surface area contributed by atoms with Gasteiger partial charge in [0.15, 0.2) is 0 Å². The summed E-state index contributed by atoms with van der Waals surface area (Å²) >= 11 is 6.79. The van der Waals surface area contributed by atoms with Crippen LogP contribution < -0.4 is 10.5 Å². The lowest BCUT2D eigenvalue weighted by molar-refractivity contribution is 0.552. The maximum atomic E-state index is 12.4. The van der Waals surface area contributed by atoms with E-state index >= 15 is 0 Å². The lowest BCUT2D eigenvalue weighted by Crippen LogP contribution is -2.33. The Kier molecular flexibility index (Phi) is 5.65. The van der Waals surface area contributed by atoms with Gasteiger partial charge < -0.3 is 5.73 Å². The predicted molar refractivity (Wildman–Crippen MR) is 92.2 cm³/mol. The van der Waals surface area contributed by atoms with Crippen LogP contribution in [0.25, 0.3) is 0 Å². The quantitative estimate of drug-likeness (QED) is 0.775. The van der Waals surface area contributed by atoms with Gasteiger partial charge in [0, 0.05) is 16.9 Å². The largest absolute Gasteiger partial charge is 0.389 e. The fourth-order valence-electron chi connectivity index (χ4n) is 2.54. The number of nitrogens with one attached hydrogen (secondary N) is 1. The van der Waals surface area contributed by atoms with Gasteiger partial charge in [-0.15, -0.1) is 0 Å². The van der Waals surface area contributed by atoms with Gasteiger partial charge in [0.25, 0.3) is 0 Å². The minimum absolute atomic E-state index is 0.0209. The Morgan fingerprint density at radius 2 is 2.24 bits per heavy atom. The van der Waals surface area contributed by atoms with Crippen LogP contribution in [-0.2, 0) is 10.0 Å². The summed E-state index contributed by atoms with van der Waals surface area (Å²) in [6, 6.07) is 6.49. The van der Waals surface area contributed by atoms with Crippen LogP contribution in [0.4, 0.5) is 0 Å². The first-order valence-corrected chi connectivity index (χ1v) is 9.90. The molecule has 7 heteroatoms. The van der Waals surface area contributed by atoms with E-state index in [0.717, 1.165) is 25.0 Å². The second kappa shape index (κ2) is 7.09. The Bertz CT molecular complexity index is 616. The molecule has 0 heterocycles. The third-order valence-corrected chi connectivity index (χ3v) is 6.52. The van der Waals surface area contributed by atoms with Gasteiger partial charge in [-0.05, 0) is 37.1 Å². The first-order chi connectivity index (χ1) is 9.92. The van der Waals surface area contributed by atoms with E-state index in [0.29, 0.717) is 10.8 Å². The SMILES string of the molecule is CCSC1CCC(NS(=O)(=O)c2cccc(C(N)=S)c2)C1. The second-order valence-electron chi connectivity index (χ2n) is 5.10. The van der Waals surface area contributed by atoms with Gasteiger partial charge in [0.05, 0.1) is 4.90 Å². The molecular formula is C14H20N2O2S3. The molecule has 21 heavy (non-hydrogen) atoms. The zero-order valence-electron chi connectivity index (χ0n) is 11.9. The maximum Gasteiger partial charge on any atom is 0.240 e. The van der Waals surface area contributed by atoms with Crippen LogP contribution in [0, 0.1) is 0 Å². The number of thiocarbonyl (C=S) groups is 1. The van der Waals surface area contributed by atoms with E-state index in [9.17, 15) is 8.42 Å². The number of benzene rings is 1. The third kappa shape index (κ3) is 4.42. The van der Waals surface area contributed by atoms with Gasteiger partial charge in [-0.3, -0.25) is 0 Å². The number of nitrogens with two attached hydrogens (primary N) is 1. The van der Waals surface area contributed by atoms with Crippen molar-refractivity contribution in [3.63, 3.8) is 0 Å². The van der Waals surface area contributed by atoms with Crippen LogP contribution in [-0.4, -0.2) is 30.5 Å². The first kappa shape index (κ1) is 16.7. The van der Waals surface area contributed by atoms with Crippen molar-refractivity contribution in [2.45, 2.75) is 42.4 Å². The van der Waals surface area contributed by atoms with E-state index < -0.39 is 10.0 Å². The number of hydrogen-bond acceptors (Lipinski definition) is 4. The Morgan fingerprint density at radius 1 is 1.48 bits per heavy atom. The molecule has 2 atom stereocenters. The molecule has 0 saturated heterocycles. The molecule has 3 N–H and O–H groups in total. The molecule has 1 saturated carbocycles. The van der Waals surface area contributed by atoms with Gasteiger partial charge in [0.2, 0.25) is 10.0 Å². The molecule has 1 aromatic rings. The van der Waals surface area contributed by atoms with Crippen LogP contribution >= 0.6 is 24.0 Å². The van der Waals surface area contributed by atoms with Crippen LogP contribution in [0.5, 0.6) is 0 Å². The summed E-state index contributed by atoms with van der Waals surface area (Å²) in [7, 11) is -3.51. The Balaban J connectivity index is 2.09. The van der Waals surface area contributed by atoms with E-state index in [1.807, 2.05) is 11.8 Å². The smallest absolute Gasteiger partial charge is 0.240 e. The average molecular weight is 345 g/mol. The molecule has 0 amide bonds. The van der Waals surface area contributed by atoms with Crippen LogP contribution in [0.15, 0.2) is 29.2 Å². The number of rotatable bonds is 6. The highest BCUT2D eigenvalue weighted by molar-refractivity contribution is 7.99. The van der Waals surface area contributed by atoms with E-state index in [2.05, 4.69) is 11.6 Å². The molecule has 0 radical (unpaired) electrons. The molecule has 1 aromatic carbocycles. The molecule has 0 aliphatic heterocycles. The lowest BCUT2D eigenvalue weighted by atomic mass is 10.2. The molecule has 1 fully saturated rings. The zero-order valence-corrected chi connectivity index (χ0v) is 14.4. The van der Waals surface area contributed by atoms with E-state index in [-0.39, 0.29) is 15.9 Å². The highest BCUT2D eigenvalue weighted by Crippen LogP contribution is 2.30. The van der Waals surface area contributed by atoms with E-state index in [1.54, 1.807) is 18.2 Å². The van der Waals surface area contributed by atoms with Gasteiger partial charge in [-0.2, -0.15) is 11.8 Å². The molecule has 0 spiro atoms. The fraction of sp³-hybridized carbons (Fsp3) is 0.500. The Labute approximate surface area is 135 Å². The molecule has 1 aliphatic carbocycles. The van der Waals surface area contributed by atoms with Gasteiger partial charge in [-0.25, -0.2) is 13.1 Å². The highest BCUT2D eigenvalue weighted by atomic mass is 32.2. The normalized spacial score (nSPS) is 22.3. The van der Waals surface area contributed by atoms with Crippen molar-refractivity contribution in [3.05, 3.63) is 29.8 Å². The summed E-state index contributed by atoms with van der Waals surface area (Å²) in [6.45, 7) is 2.13. The van der Waals surface area contributed by atoms with Crippen molar-refractivity contribution in [2.75, 3.05) is 5.75 Å². The average Bonchev–Trinajstić information content (AvgIpc) is 2.86. The minimum atomic E-state index is -3.51. The first-order valence-electron chi connectivity index (χ1n) is 6.96. The second-order valence-corrected chi connectivity index (χ2v) is 8.83. The minimum Gasteiger partial charge on any atom is -0.389 e. The molecule has 0 aromatic heterocycles. The fourth-order valence-corrected chi connectivity index (χ4v) is 5.14. The molecule has 0 bridgehead atoms. The molecule has 4 nitrogen and oxygen atoms in total. The number of sulfonamides is 1. The standard InChI is InChI=1S/C14H20N2O2S3/c1-2-20-12-7-6-11(9-12)16-21(17,18)13-5-3-4-10(8-13)14(15)19/h3-5,8,11-12,16H,2,6-7,9H2,1H3,(H2,15,19). The van der Waals surface area contributed by atoms with Crippen molar-refractivity contribution < 1.29 is 8.42 Å². The van der Waals surface area contributed by atoms with E-state index in [1.165, 1.54) is 6.07 Å². The van der Waals surface area contributed by atoms with Crippen molar-refractivity contribution in [3.8, 4) is 0 Å². The number of thioether (sulfide) groups is 1. The van der Waals surface area contributed by atoms with Crippen molar-refractivity contribution in [2.24, 2.45) is 5.73 Å². The summed E-state index contributed by atoms with van der Waals surface area (Å²) in [5, 5.41) is 0.561. The summed E-state index contributed by atoms with van der Waals surface area (Å²) in [5.74, 6) is 1.07. The van der Waals surface area contributed by atoms with E-state index in [4.69, 9.17) is 18.0 Å². The molecule has 116 valence electrons. The maximum absolute atomic E-state index is 12.4. The summed E-state index contributed by atoms with van der Waals surface area (Å²) in [4.78, 5) is 0.423. The Hall–Kier alpha value is -0.630. The van der Waals surface area contributed by atoms with Gasteiger partial charge in [0.1, 0.15) is 4.99 Å². The third-order valence-electron chi connectivity index (χ3n) is 3.54. The van der Waals surface area contributed by atoms with Gasteiger partial charge in [-0.1, -0.05) is 31.3 Å². The summed E-state index contributed by atoms with van der Waals surface area (Å²) in [5.41, 5.74) is 6.12. The number of hydrogen-bond donors (Lipinski definition) is 2. The predicted octanol–water partition coefficient (Wildman–Crippen LogP) is 2.27. The molecule has 1 aliphatic rings. The van der Waals surface area contributed by atoms with Crippen molar-refractivity contribution in [1.29, 1.82) is 0 Å². The summed E-state index contributed by atoms with van der Waals surface area (Å²) < 4.78 is 27.7. The monoisotopic (exact) mass is 344 g/mol. The van der Waals surface area contributed by atoms with Gasteiger partial charge >= 0.3 is 0 Å². The highest BCUT2D eigenvalue weighted by Gasteiger charge is 2.28. The molecular weight excluding hydrogens is 324 g/mol. The molecule has 2 rings (SSSR count).